The molecule has 0 atom stereocenters. The van der Waals surface area contributed by atoms with Crippen LogP contribution in [0.1, 0.15) is 84.1 Å². The van der Waals surface area contributed by atoms with Gasteiger partial charge in [-0.2, -0.15) is 0 Å². The van der Waals surface area contributed by atoms with Crippen LogP contribution in [0.3, 0.4) is 0 Å². The average molecular weight is 1140 g/mol. The molecule has 58 heavy (non-hydrogen) atoms. The summed E-state index contributed by atoms with van der Waals surface area (Å²) in [7, 11) is 0. The topological polar surface area (TPSA) is 125 Å². The molecule has 0 saturated heterocycles. The van der Waals surface area contributed by atoms with E-state index in [-0.39, 0.29) is 0 Å². The summed E-state index contributed by atoms with van der Waals surface area (Å²) in [6, 6.07) is 26.8. The van der Waals surface area contributed by atoms with Crippen LogP contribution in [0.2, 0.25) is 0 Å². The standard InChI is InChI=1S/2C22H24N6.2Pt/c2*1-16-14-19(26-25-16)10-6-5-9-13-27-15-28(20-11-7-4-8-12-20)22-21(27)23-17(2)18(3)24-22;;/h2*4,7-8,11,14H,5-6,9-10,13H2,1-3H3;;/q2*-2;;. The molecule has 0 unspecified atom stereocenters. The van der Waals surface area contributed by atoms with Crippen molar-refractivity contribution >= 4 is 22.6 Å². The van der Waals surface area contributed by atoms with Gasteiger partial charge in [-0.05, 0) is 0 Å². The van der Waals surface area contributed by atoms with Gasteiger partial charge in [0.1, 0.15) is 0 Å². The van der Waals surface area contributed by atoms with Crippen molar-refractivity contribution in [1.29, 1.82) is 0 Å². The van der Waals surface area contributed by atoms with Crippen LogP contribution < -0.4 is 10.2 Å². The number of unbranched alkanes of at least 4 members (excludes halogenated alkanes) is 4. The number of hydrogen-bond acceptors (Lipinski definition) is 6. The van der Waals surface area contributed by atoms with Crippen LogP contribution in [-0.2, 0) is 64.6 Å². The molecule has 0 saturated carbocycles. The fourth-order valence-electron chi connectivity index (χ4n) is 6.86. The van der Waals surface area contributed by atoms with Gasteiger partial charge in [0.2, 0.25) is 0 Å². The van der Waals surface area contributed by atoms with Crippen molar-refractivity contribution in [3.05, 3.63) is 126 Å². The van der Waals surface area contributed by atoms with E-state index in [9.17, 15) is 0 Å². The van der Waals surface area contributed by atoms with Gasteiger partial charge < -0.3 is 0 Å². The molecule has 6 heterocycles. The molecule has 0 N–H and O–H groups in total. The second-order valence-electron chi connectivity index (χ2n) is 14.6. The SMILES string of the molecule is Cc1cc(CCCCCn2[c](=[Pt])n(-c3[c-]cccc3)c3nc(C)c(C)nc32)n[n-]1.Cc1cc(CCCCCn2[c](=[Pt])n(-c3[c-]cccc3)c3nc(C)c(C)nc32)n[n-]1. The summed E-state index contributed by atoms with van der Waals surface area (Å²) in [5.74, 6) is 0. The van der Waals surface area contributed by atoms with Crippen LogP contribution in [0.4, 0.5) is 0 Å². The van der Waals surface area contributed by atoms with Crippen LogP contribution in [0, 0.1) is 61.3 Å². The summed E-state index contributed by atoms with van der Waals surface area (Å²) in [5, 5.41) is 16.6. The molecule has 0 aliphatic carbocycles. The third kappa shape index (κ3) is 9.45. The fraction of sp³-hybridized carbons (Fsp3) is 0.364. The Bertz CT molecular complexity index is 2560. The van der Waals surface area contributed by atoms with Crippen LogP contribution in [0.5, 0.6) is 0 Å². The summed E-state index contributed by atoms with van der Waals surface area (Å²) in [6.07, 6.45) is 8.65. The molecule has 0 amide bonds. The number of para-hydroxylation sites is 2. The maximum atomic E-state index is 4.87. The zero-order chi connectivity index (χ0) is 40.8. The first-order chi connectivity index (χ1) is 28.1. The number of nitrogens with zero attached hydrogens (tertiary/aromatic N) is 12. The Morgan fingerprint density at radius 2 is 0.914 bits per heavy atom. The molecule has 6 aromatic heterocycles. The third-order valence-electron chi connectivity index (χ3n) is 10.1. The number of aryl methyl sites for hydroxylation is 10. The molecule has 0 spiro atoms. The Hall–Kier alpha value is -4.66. The first-order valence-electron chi connectivity index (χ1n) is 19.8. The Morgan fingerprint density at radius 1 is 0.517 bits per heavy atom. The van der Waals surface area contributed by atoms with Gasteiger partial charge >= 0.3 is 363 Å². The summed E-state index contributed by atoms with van der Waals surface area (Å²) in [6.45, 7) is 13.9. The summed E-state index contributed by atoms with van der Waals surface area (Å²) >= 11 is 4.76. The van der Waals surface area contributed by atoms with Gasteiger partial charge in [0.05, 0.1) is 0 Å². The molecule has 14 heteroatoms. The predicted octanol–water partition coefficient (Wildman–Crippen LogP) is 7.58. The van der Waals surface area contributed by atoms with E-state index in [4.69, 9.17) is 19.9 Å². The first-order valence-corrected chi connectivity index (χ1v) is 22.1. The number of rotatable bonds is 14. The minimum absolute atomic E-state index is 0.892. The quantitative estimate of drug-likeness (QED) is 0.0807. The molecule has 0 radical (unpaired) electrons. The van der Waals surface area contributed by atoms with Crippen LogP contribution >= 0.6 is 0 Å². The van der Waals surface area contributed by atoms with E-state index in [1.54, 1.807) is 0 Å². The first kappa shape index (κ1) is 41.5. The van der Waals surface area contributed by atoms with Gasteiger partial charge in [0.15, 0.2) is 0 Å². The van der Waals surface area contributed by atoms with E-state index in [0.29, 0.717) is 0 Å². The predicted molar refractivity (Wildman–Crippen MR) is 217 cm³/mol. The van der Waals surface area contributed by atoms with Gasteiger partial charge in [0, 0.05) is 0 Å². The Balaban J connectivity index is 0.000000177. The summed E-state index contributed by atoms with van der Waals surface area (Å²) in [4.78, 5) is 19.5. The van der Waals surface area contributed by atoms with E-state index in [0.717, 1.165) is 152 Å². The summed E-state index contributed by atoms with van der Waals surface area (Å²) in [5.41, 5.74) is 13.7. The van der Waals surface area contributed by atoms with Crippen molar-refractivity contribution in [2.24, 2.45) is 0 Å². The zero-order valence-corrected chi connectivity index (χ0v) is 38.4. The molecule has 0 aliphatic heterocycles. The molecular weight excluding hydrogens is 1090 g/mol. The van der Waals surface area contributed by atoms with Crippen molar-refractivity contribution in [3.8, 4) is 11.4 Å². The van der Waals surface area contributed by atoms with Gasteiger partial charge in [-0.25, -0.2) is 0 Å². The number of benzene rings is 2. The van der Waals surface area contributed by atoms with Crippen molar-refractivity contribution in [2.45, 2.75) is 106 Å². The van der Waals surface area contributed by atoms with Crippen LogP contribution in [0.25, 0.3) is 34.0 Å². The second kappa shape index (κ2) is 18.9. The molecule has 12 nitrogen and oxygen atoms in total. The van der Waals surface area contributed by atoms with Gasteiger partial charge in [-0.15, -0.1) is 0 Å². The fourth-order valence-corrected chi connectivity index (χ4v) is 8.88. The van der Waals surface area contributed by atoms with Gasteiger partial charge in [0.25, 0.3) is 0 Å². The number of imidazole rings is 2. The molecule has 0 fully saturated rings. The van der Waals surface area contributed by atoms with Crippen LogP contribution in [-0.4, -0.2) is 48.4 Å². The van der Waals surface area contributed by atoms with E-state index in [2.05, 4.69) is 114 Å². The Labute approximate surface area is 361 Å². The summed E-state index contributed by atoms with van der Waals surface area (Å²) < 4.78 is 11.1. The van der Waals surface area contributed by atoms with E-state index >= 15 is 0 Å². The number of fused-ring (bicyclic) bond motifs is 2. The third-order valence-corrected chi connectivity index (χ3v) is 12.4. The molecule has 0 aliphatic rings. The number of aromatic nitrogens is 12. The molecule has 8 rings (SSSR count). The Morgan fingerprint density at radius 3 is 1.26 bits per heavy atom. The molecule has 0 bridgehead atoms. The molecule has 2 aromatic carbocycles. The maximum absolute atomic E-state index is 4.87. The van der Waals surface area contributed by atoms with Crippen molar-refractivity contribution in [2.75, 3.05) is 0 Å². The normalized spacial score (nSPS) is 11.5. The van der Waals surface area contributed by atoms with Crippen LogP contribution in [0.15, 0.2) is 60.7 Å². The minimum atomic E-state index is 0.892. The second-order valence-corrected chi connectivity index (χ2v) is 16.6. The molecular formula is C44H48N12Pt2-4. The molecule has 8 aromatic rings. The van der Waals surface area contributed by atoms with Crippen molar-refractivity contribution in [3.63, 3.8) is 0 Å². The average Bonchev–Trinajstić information content (AvgIpc) is 3.96. The van der Waals surface area contributed by atoms with Gasteiger partial charge in [-0.1, -0.05) is 0 Å². The van der Waals surface area contributed by atoms with E-state index in [1.807, 2.05) is 77.9 Å². The van der Waals surface area contributed by atoms with E-state index in [1.165, 1.54) is 0 Å². The van der Waals surface area contributed by atoms with E-state index < -0.39 is 0 Å². The number of hydrogen-bond donors (Lipinski definition) is 0. The monoisotopic (exact) mass is 1130 g/mol. The van der Waals surface area contributed by atoms with Crippen molar-refractivity contribution < 1.29 is 38.7 Å². The Kier molecular flexibility index (Phi) is 13.6. The van der Waals surface area contributed by atoms with Crippen molar-refractivity contribution in [1.82, 2.24) is 58.6 Å². The zero-order valence-electron chi connectivity index (χ0n) is 33.8. The molecule has 308 valence electrons. The van der Waals surface area contributed by atoms with Gasteiger partial charge in [-0.3, -0.25) is 0 Å².